The summed E-state index contributed by atoms with van der Waals surface area (Å²) in [6, 6.07) is 29.9. The normalized spacial score (nSPS) is 10.4. The van der Waals surface area contributed by atoms with Gasteiger partial charge in [0.05, 0.1) is 11.2 Å². The maximum atomic E-state index is 11.0. The lowest BCUT2D eigenvalue weighted by molar-refractivity contribution is 0.304. The molecule has 4 aromatic carbocycles. The van der Waals surface area contributed by atoms with Gasteiger partial charge in [-0.15, -0.1) is 0 Å². The average molecular weight is 456 g/mol. The molecule has 0 bridgehead atoms. The van der Waals surface area contributed by atoms with Gasteiger partial charge in [-0.3, -0.25) is 4.98 Å². The number of H-pyrrole nitrogens is 1. The van der Waals surface area contributed by atoms with E-state index in [-0.39, 0.29) is 5.75 Å². The van der Waals surface area contributed by atoms with Crippen LogP contribution in [-0.2, 0) is 13.2 Å². The summed E-state index contributed by atoms with van der Waals surface area (Å²) in [4.78, 5) is 13.6. The van der Waals surface area contributed by atoms with E-state index in [1.54, 1.807) is 30.3 Å². The topological polar surface area (TPSA) is 111 Å². The number of nitrogen functional groups attached to an aromatic ring is 1. The highest BCUT2D eigenvalue weighted by atomic mass is 16.5. The molecule has 0 saturated heterocycles. The highest BCUT2D eigenvalue weighted by Gasteiger charge is 2.03. The second kappa shape index (κ2) is 10.8. The average Bonchev–Trinajstić information content (AvgIpc) is 3.24. The van der Waals surface area contributed by atoms with Gasteiger partial charge in [0.25, 0.3) is 0 Å². The number of aromatic amines is 1. The molecule has 0 amide bonds. The van der Waals surface area contributed by atoms with Crippen molar-refractivity contribution in [2.24, 2.45) is 0 Å². The first kappa shape index (κ1) is 22.5. The summed E-state index contributed by atoms with van der Waals surface area (Å²) in [5.41, 5.74) is 9.20. The molecule has 1 heterocycles. The van der Waals surface area contributed by atoms with Gasteiger partial charge < -0.3 is 24.7 Å². The summed E-state index contributed by atoms with van der Waals surface area (Å²) >= 11 is 0. The molecule has 5 aromatic rings. The van der Waals surface area contributed by atoms with Crippen LogP contribution in [0.15, 0.2) is 106 Å². The number of phenols is 1. The molecule has 5 rings (SSSR count). The van der Waals surface area contributed by atoms with E-state index < -0.39 is 5.76 Å². The van der Waals surface area contributed by atoms with Crippen LogP contribution in [0.1, 0.15) is 11.1 Å². The first-order chi connectivity index (χ1) is 16.6. The van der Waals surface area contributed by atoms with Crippen molar-refractivity contribution in [2.75, 3.05) is 5.73 Å². The summed E-state index contributed by atoms with van der Waals surface area (Å²) in [7, 11) is 0. The van der Waals surface area contributed by atoms with Gasteiger partial charge in [-0.2, -0.15) is 0 Å². The van der Waals surface area contributed by atoms with Crippen molar-refractivity contribution in [3.8, 4) is 17.2 Å². The molecule has 7 nitrogen and oxygen atoms in total. The van der Waals surface area contributed by atoms with Gasteiger partial charge in [0.2, 0.25) is 0 Å². The Labute approximate surface area is 196 Å². The second-order valence-corrected chi connectivity index (χ2v) is 7.44. The zero-order chi connectivity index (χ0) is 23.8. The standard InChI is InChI=1S/C14H11NO3.C13H13NO2/c16-14-15-12-7-6-11(8-13(12)18-14)17-9-10-4-2-1-3-5-10;14-12-7-6-11(8-13(12)15)16-9-10-4-2-1-3-5-10/h1-8H,9H2,(H,15,16);1-8,15H,9,14H2. The molecule has 34 heavy (non-hydrogen) atoms. The van der Waals surface area contributed by atoms with Crippen molar-refractivity contribution in [3.05, 3.63) is 119 Å². The van der Waals surface area contributed by atoms with E-state index >= 15 is 0 Å². The van der Waals surface area contributed by atoms with Crippen LogP contribution in [-0.4, -0.2) is 10.1 Å². The smallest absolute Gasteiger partial charge is 0.417 e. The van der Waals surface area contributed by atoms with Crippen LogP contribution in [0.4, 0.5) is 5.69 Å². The minimum Gasteiger partial charge on any atom is -0.506 e. The van der Waals surface area contributed by atoms with Gasteiger partial charge in [-0.25, -0.2) is 4.79 Å². The van der Waals surface area contributed by atoms with Crippen LogP contribution in [0.2, 0.25) is 0 Å². The fourth-order valence-electron chi connectivity index (χ4n) is 3.11. The number of rotatable bonds is 6. The number of nitrogens with one attached hydrogen (secondary N) is 1. The molecule has 1 aromatic heterocycles. The summed E-state index contributed by atoms with van der Waals surface area (Å²) in [6.07, 6.45) is 0. The number of nitrogens with two attached hydrogens (primary N) is 1. The number of oxazole rings is 1. The van der Waals surface area contributed by atoms with Crippen molar-refractivity contribution in [1.29, 1.82) is 0 Å². The van der Waals surface area contributed by atoms with Crippen LogP contribution < -0.4 is 21.0 Å². The third-order valence-corrected chi connectivity index (χ3v) is 4.89. The Hall–Kier alpha value is -4.65. The van der Waals surface area contributed by atoms with Gasteiger partial charge in [-0.1, -0.05) is 60.7 Å². The lowest BCUT2D eigenvalue weighted by Gasteiger charge is -2.07. The third kappa shape index (κ3) is 6.20. The van der Waals surface area contributed by atoms with E-state index in [0.717, 1.165) is 11.1 Å². The number of hydrogen-bond acceptors (Lipinski definition) is 6. The van der Waals surface area contributed by atoms with E-state index in [2.05, 4.69) is 4.98 Å². The molecule has 172 valence electrons. The Kier molecular flexibility index (Phi) is 7.15. The van der Waals surface area contributed by atoms with E-state index in [1.165, 1.54) is 6.07 Å². The number of aromatic hydroxyl groups is 1. The first-order valence-corrected chi connectivity index (χ1v) is 10.6. The molecule has 0 radical (unpaired) electrons. The maximum absolute atomic E-state index is 11.0. The van der Waals surface area contributed by atoms with Gasteiger partial charge in [0.15, 0.2) is 5.58 Å². The van der Waals surface area contributed by atoms with Crippen LogP contribution in [0.25, 0.3) is 11.1 Å². The molecule has 0 spiro atoms. The van der Waals surface area contributed by atoms with E-state index in [9.17, 15) is 9.90 Å². The predicted octanol–water partition coefficient (Wildman–Crippen LogP) is 5.25. The summed E-state index contributed by atoms with van der Waals surface area (Å²) in [5.74, 6) is 0.875. The molecule has 0 aliphatic rings. The maximum Gasteiger partial charge on any atom is 0.417 e. The number of fused-ring (bicyclic) bond motifs is 1. The first-order valence-electron chi connectivity index (χ1n) is 10.6. The van der Waals surface area contributed by atoms with Crippen molar-refractivity contribution in [2.45, 2.75) is 13.2 Å². The quantitative estimate of drug-likeness (QED) is 0.238. The van der Waals surface area contributed by atoms with Crippen LogP contribution in [0, 0.1) is 0 Å². The molecule has 0 atom stereocenters. The minimum atomic E-state index is -0.454. The summed E-state index contributed by atoms with van der Waals surface area (Å²) < 4.78 is 16.1. The fourth-order valence-corrected chi connectivity index (χ4v) is 3.11. The van der Waals surface area contributed by atoms with Gasteiger partial charge >= 0.3 is 5.76 Å². The highest BCUT2D eigenvalue weighted by molar-refractivity contribution is 5.73. The number of hydrogen-bond donors (Lipinski definition) is 3. The number of anilines is 1. The Balaban J connectivity index is 0.000000162. The molecule has 0 fully saturated rings. The predicted molar refractivity (Wildman–Crippen MR) is 131 cm³/mol. The largest absolute Gasteiger partial charge is 0.506 e. The summed E-state index contributed by atoms with van der Waals surface area (Å²) in [5, 5.41) is 9.39. The highest BCUT2D eigenvalue weighted by Crippen LogP contribution is 2.25. The number of ether oxygens (including phenoxy) is 2. The number of phenolic OH excluding ortho intramolecular Hbond substituents is 1. The molecule has 7 heteroatoms. The Morgan fingerprint density at radius 2 is 1.32 bits per heavy atom. The van der Waals surface area contributed by atoms with Gasteiger partial charge in [0, 0.05) is 12.1 Å². The Morgan fingerprint density at radius 1 is 0.765 bits per heavy atom. The van der Waals surface area contributed by atoms with E-state index in [0.29, 0.717) is 41.5 Å². The summed E-state index contributed by atoms with van der Waals surface area (Å²) in [6.45, 7) is 0.963. The van der Waals surface area contributed by atoms with Gasteiger partial charge in [0.1, 0.15) is 30.5 Å². The molecular weight excluding hydrogens is 432 g/mol. The zero-order valence-corrected chi connectivity index (χ0v) is 18.3. The lowest BCUT2D eigenvalue weighted by Crippen LogP contribution is -1.95. The molecule has 0 aliphatic carbocycles. The lowest BCUT2D eigenvalue weighted by atomic mass is 10.2. The van der Waals surface area contributed by atoms with Crippen molar-refractivity contribution in [1.82, 2.24) is 4.98 Å². The molecular formula is C27H24N2O5. The van der Waals surface area contributed by atoms with Crippen molar-refractivity contribution in [3.63, 3.8) is 0 Å². The number of benzene rings is 4. The number of aromatic nitrogens is 1. The fraction of sp³-hybridized carbons (Fsp3) is 0.0741. The SMILES string of the molecule is Nc1ccc(OCc2ccccc2)cc1O.O=c1[nH]c2ccc(OCc3ccccc3)cc2o1. The van der Waals surface area contributed by atoms with Crippen LogP contribution >= 0.6 is 0 Å². The molecule has 4 N–H and O–H groups in total. The monoisotopic (exact) mass is 456 g/mol. The molecule has 0 saturated carbocycles. The van der Waals surface area contributed by atoms with E-state index in [1.807, 2.05) is 60.7 Å². The second-order valence-electron chi connectivity index (χ2n) is 7.44. The van der Waals surface area contributed by atoms with Crippen molar-refractivity contribution < 1.29 is 19.0 Å². The van der Waals surface area contributed by atoms with Crippen molar-refractivity contribution >= 4 is 16.8 Å². The Morgan fingerprint density at radius 3 is 1.91 bits per heavy atom. The molecule has 0 unspecified atom stereocenters. The zero-order valence-electron chi connectivity index (χ0n) is 18.3. The third-order valence-electron chi connectivity index (χ3n) is 4.89. The Bertz CT molecular complexity index is 1400. The van der Waals surface area contributed by atoms with E-state index in [4.69, 9.17) is 19.6 Å². The van der Waals surface area contributed by atoms with Crippen LogP contribution in [0.3, 0.4) is 0 Å². The molecule has 0 aliphatic heterocycles. The minimum absolute atomic E-state index is 0.0468. The van der Waals surface area contributed by atoms with Gasteiger partial charge in [-0.05, 0) is 35.4 Å². The van der Waals surface area contributed by atoms with Crippen LogP contribution in [0.5, 0.6) is 17.2 Å².